The van der Waals surface area contributed by atoms with E-state index in [0.29, 0.717) is 5.92 Å². The summed E-state index contributed by atoms with van der Waals surface area (Å²) < 4.78 is 2.07. The molecule has 1 aliphatic rings. The summed E-state index contributed by atoms with van der Waals surface area (Å²) in [4.78, 5) is 0. The number of hydrogen-bond donors (Lipinski definition) is 1. The molecule has 2 rings (SSSR count). The highest BCUT2D eigenvalue weighted by Gasteiger charge is 2.18. The van der Waals surface area contributed by atoms with E-state index in [0.717, 1.165) is 26.1 Å². The molecule has 0 saturated carbocycles. The first kappa shape index (κ1) is 9.65. The SMILES string of the molecule is CCCn1nncc1C1CCNCC1. The van der Waals surface area contributed by atoms with Gasteiger partial charge in [0.05, 0.1) is 11.9 Å². The quantitative estimate of drug-likeness (QED) is 0.785. The Hall–Kier alpha value is -0.900. The third kappa shape index (κ3) is 1.95. The normalized spacial score (nSPS) is 18.6. The summed E-state index contributed by atoms with van der Waals surface area (Å²) in [6, 6.07) is 0. The van der Waals surface area contributed by atoms with Crippen molar-refractivity contribution in [3.05, 3.63) is 11.9 Å². The van der Waals surface area contributed by atoms with Gasteiger partial charge in [0, 0.05) is 12.5 Å². The molecule has 0 atom stereocenters. The van der Waals surface area contributed by atoms with Crippen LogP contribution >= 0.6 is 0 Å². The van der Waals surface area contributed by atoms with Crippen molar-refractivity contribution in [2.45, 2.75) is 38.6 Å². The molecular weight excluding hydrogens is 176 g/mol. The van der Waals surface area contributed by atoms with Crippen molar-refractivity contribution in [3.8, 4) is 0 Å². The number of nitrogens with zero attached hydrogens (tertiary/aromatic N) is 3. The lowest BCUT2D eigenvalue weighted by Gasteiger charge is -2.22. The van der Waals surface area contributed by atoms with Crippen LogP contribution in [0.25, 0.3) is 0 Å². The first-order valence-electron chi connectivity index (χ1n) is 5.51. The maximum Gasteiger partial charge on any atom is 0.0728 e. The van der Waals surface area contributed by atoms with Crippen LogP contribution < -0.4 is 5.32 Å². The Kier molecular flexibility index (Phi) is 3.14. The Morgan fingerprint density at radius 2 is 2.29 bits per heavy atom. The van der Waals surface area contributed by atoms with E-state index in [4.69, 9.17) is 0 Å². The molecule has 0 amide bonds. The predicted molar refractivity (Wildman–Crippen MR) is 55.2 cm³/mol. The Labute approximate surface area is 84.7 Å². The monoisotopic (exact) mass is 194 g/mol. The summed E-state index contributed by atoms with van der Waals surface area (Å²) in [6.07, 6.45) is 5.50. The van der Waals surface area contributed by atoms with E-state index in [-0.39, 0.29) is 0 Å². The van der Waals surface area contributed by atoms with Gasteiger partial charge in [0.15, 0.2) is 0 Å². The van der Waals surface area contributed by atoms with Crippen LogP contribution in [0.4, 0.5) is 0 Å². The maximum atomic E-state index is 4.13. The van der Waals surface area contributed by atoms with E-state index >= 15 is 0 Å². The van der Waals surface area contributed by atoms with Gasteiger partial charge in [0.25, 0.3) is 0 Å². The molecule has 1 aromatic heterocycles. The highest BCUT2D eigenvalue weighted by atomic mass is 15.4. The van der Waals surface area contributed by atoms with Crippen LogP contribution in [-0.4, -0.2) is 28.1 Å². The fourth-order valence-electron chi connectivity index (χ4n) is 2.09. The molecular formula is C10H18N4. The van der Waals surface area contributed by atoms with Crippen LogP contribution in [0.3, 0.4) is 0 Å². The van der Waals surface area contributed by atoms with Crippen molar-refractivity contribution in [3.63, 3.8) is 0 Å². The van der Waals surface area contributed by atoms with Gasteiger partial charge in [-0.25, -0.2) is 4.68 Å². The van der Waals surface area contributed by atoms with Gasteiger partial charge >= 0.3 is 0 Å². The number of aromatic nitrogens is 3. The summed E-state index contributed by atoms with van der Waals surface area (Å²) in [6.45, 7) is 5.43. The first-order valence-corrected chi connectivity index (χ1v) is 5.51. The van der Waals surface area contributed by atoms with Crippen LogP contribution in [0.1, 0.15) is 37.8 Å². The van der Waals surface area contributed by atoms with Crippen LogP contribution in [0.5, 0.6) is 0 Å². The van der Waals surface area contributed by atoms with Crippen LogP contribution in [0.15, 0.2) is 6.20 Å². The van der Waals surface area contributed by atoms with Crippen molar-refractivity contribution in [1.29, 1.82) is 0 Å². The smallest absolute Gasteiger partial charge is 0.0728 e. The Balaban J connectivity index is 2.09. The van der Waals surface area contributed by atoms with Gasteiger partial charge in [-0.15, -0.1) is 5.10 Å². The van der Waals surface area contributed by atoms with E-state index in [1.54, 1.807) is 0 Å². The van der Waals surface area contributed by atoms with Crippen molar-refractivity contribution in [2.75, 3.05) is 13.1 Å². The average molecular weight is 194 g/mol. The van der Waals surface area contributed by atoms with Gasteiger partial charge < -0.3 is 5.32 Å². The summed E-state index contributed by atoms with van der Waals surface area (Å²) in [5, 5.41) is 11.5. The predicted octanol–water partition coefficient (Wildman–Crippen LogP) is 1.16. The summed E-state index contributed by atoms with van der Waals surface area (Å²) >= 11 is 0. The standard InChI is InChI=1S/C10H18N4/c1-2-7-14-10(8-12-13-14)9-3-5-11-6-4-9/h8-9,11H,2-7H2,1H3. The number of hydrogen-bond acceptors (Lipinski definition) is 3. The van der Waals surface area contributed by atoms with Gasteiger partial charge in [-0.3, -0.25) is 0 Å². The Morgan fingerprint density at radius 3 is 3.00 bits per heavy atom. The van der Waals surface area contributed by atoms with Crippen molar-refractivity contribution in [1.82, 2.24) is 20.3 Å². The fourth-order valence-corrected chi connectivity index (χ4v) is 2.09. The van der Waals surface area contributed by atoms with E-state index in [9.17, 15) is 0 Å². The van der Waals surface area contributed by atoms with Crippen molar-refractivity contribution < 1.29 is 0 Å². The van der Waals surface area contributed by atoms with Gasteiger partial charge in [-0.2, -0.15) is 0 Å². The third-order valence-electron chi connectivity index (χ3n) is 2.84. The van der Waals surface area contributed by atoms with Gasteiger partial charge in [-0.05, 0) is 32.4 Å². The van der Waals surface area contributed by atoms with Gasteiger partial charge in [0.2, 0.25) is 0 Å². The number of aryl methyl sites for hydroxylation is 1. The molecule has 2 heterocycles. The number of piperidine rings is 1. The maximum absolute atomic E-state index is 4.13. The van der Waals surface area contributed by atoms with E-state index in [2.05, 4.69) is 27.2 Å². The zero-order valence-electron chi connectivity index (χ0n) is 8.74. The molecule has 4 nitrogen and oxygen atoms in total. The van der Waals surface area contributed by atoms with Gasteiger partial charge in [0.1, 0.15) is 0 Å². The number of rotatable bonds is 3. The van der Waals surface area contributed by atoms with Crippen LogP contribution in [0, 0.1) is 0 Å². The molecule has 1 aromatic rings. The third-order valence-corrected chi connectivity index (χ3v) is 2.84. The molecule has 1 fully saturated rings. The zero-order chi connectivity index (χ0) is 9.80. The minimum atomic E-state index is 0.665. The average Bonchev–Trinajstić information content (AvgIpc) is 2.68. The van der Waals surface area contributed by atoms with Crippen LogP contribution in [0.2, 0.25) is 0 Å². The molecule has 14 heavy (non-hydrogen) atoms. The lowest BCUT2D eigenvalue weighted by molar-refractivity contribution is 0.426. The highest BCUT2D eigenvalue weighted by molar-refractivity contribution is 5.04. The summed E-state index contributed by atoms with van der Waals surface area (Å²) in [5.74, 6) is 0.665. The van der Waals surface area contributed by atoms with Crippen LogP contribution in [-0.2, 0) is 6.54 Å². The molecule has 0 aliphatic carbocycles. The second kappa shape index (κ2) is 4.55. The zero-order valence-corrected chi connectivity index (χ0v) is 8.74. The molecule has 1 N–H and O–H groups in total. The first-order chi connectivity index (χ1) is 6.92. The molecule has 0 aromatic carbocycles. The van der Waals surface area contributed by atoms with E-state index in [1.807, 2.05) is 6.20 Å². The topological polar surface area (TPSA) is 42.7 Å². The molecule has 4 heteroatoms. The molecule has 78 valence electrons. The lowest BCUT2D eigenvalue weighted by Crippen LogP contribution is -2.27. The Bertz CT molecular complexity index is 275. The van der Waals surface area contributed by atoms with E-state index < -0.39 is 0 Å². The minimum absolute atomic E-state index is 0.665. The molecule has 1 aliphatic heterocycles. The Morgan fingerprint density at radius 1 is 1.50 bits per heavy atom. The largest absolute Gasteiger partial charge is 0.317 e. The lowest BCUT2D eigenvalue weighted by atomic mass is 9.95. The second-order valence-corrected chi connectivity index (χ2v) is 3.91. The number of nitrogens with one attached hydrogen (secondary N) is 1. The molecule has 0 unspecified atom stereocenters. The molecule has 0 spiro atoms. The second-order valence-electron chi connectivity index (χ2n) is 3.91. The fraction of sp³-hybridized carbons (Fsp3) is 0.800. The summed E-state index contributed by atoms with van der Waals surface area (Å²) in [5.41, 5.74) is 1.33. The highest BCUT2D eigenvalue weighted by Crippen LogP contribution is 2.23. The van der Waals surface area contributed by atoms with E-state index in [1.165, 1.54) is 18.5 Å². The molecule has 0 bridgehead atoms. The van der Waals surface area contributed by atoms with Crippen molar-refractivity contribution in [2.24, 2.45) is 0 Å². The molecule has 0 radical (unpaired) electrons. The minimum Gasteiger partial charge on any atom is -0.317 e. The van der Waals surface area contributed by atoms with Crippen molar-refractivity contribution >= 4 is 0 Å². The van der Waals surface area contributed by atoms with Gasteiger partial charge in [-0.1, -0.05) is 12.1 Å². The summed E-state index contributed by atoms with van der Waals surface area (Å²) in [7, 11) is 0. The molecule has 1 saturated heterocycles.